The summed E-state index contributed by atoms with van der Waals surface area (Å²) in [6.07, 6.45) is 0. The standard InChI is InChI=1S/C15H11Br2NO3S/c16-10-1-2-11(17)13-12(10)15(20-4-5-21-15)14(19)18(13)7-9-3-6-22-8-9/h1-3,6,8H,4-5,7H2. The van der Waals surface area contributed by atoms with Crippen molar-refractivity contribution in [2.75, 3.05) is 18.1 Å². The Morgan fingerprint density at radius 2 is 1.91 bits per heavy atom. The van der Waals surface area contributed by atoms with Gasteiger partial charge in [-0.15, -0.1) is 0 Å². The molecule has 1 aromatic carbocycles. The van der Waals surface area contributed by atoms with Gasteiger partial charge in [0.15, 0.2) is 0 Å². The molecule has 2 aliphatic rings. The fourth-order valence-electron chi connectivity index (χ4n) is 2.90. The highest BCUT2D eigenvalue weighted by Crippen LogP contribution is 2.52. The van der Waals surface area contributed by atoms with E-state index >= 15 is 0 Å². The molecule has 0 N–H and O–H groups in total. The van der Waals surface area contributed by atoms with Gasteiger partial charge in [-0.1, -0.05) is 15.9 Å². The molecule has 4 rings (SSSR count). The van der Waals surface area contributed by atoms with Crippen molar-refractivity contribution < 1.29 is 14.3 Å². The monoisotopic (exact) mass is 443 g/mol. The lowest BCUT2D eigenvalue weighted by atomic mass is 10.1. The van der Waals surface area contributed by atoms with E-state index in [0.717, 1.165) is 25.8 Å². The second kappa shape index (κ2) is 5.42. The van der Waals surface area contributed by atoms with Crippen LogP contribution in [0.2, 0.25) is 0 Å². The molecule has 1 fully saturated rings. The third-order valence-corrected chi connectivity index (χ3v) is 5.85. The lowest BCUT2D eigenvalue weighted by Gasteiger charge is -2.22. The molecule has 114 valence electrons. The fourth-order valence-corrected chi connectivity index (χ4v) is 4.69. The van der Waals surface area contributed by atoms with Crippen LogP contribution < -0.4 is 4.90 Å². The summed E-state index contributed by atoms with van der Waals surface area (Å²) in [5.41, 5.74) is 2.65. The summed E-state index contributed by atoms with van der Waals surface area (Å²) in [5.74, 6) is -1.48. The number of hydrogen-bond donors (Lipinski definition) is 0. The molecular weight excluding hydrogens is 434 g/mol. The molecule has 0 bridgehead atoms. The Labute approximate surface area is 148 Å². The SMILES string of the molecule is O=C1N(Cc2ccsc2)c2c(Br)ccc(Br)c2C12OCCO2. The molecule has 2 aliphatic heterocycles. The Kier molecular flexibility index (Phi) is 3.65. The lowest BCUT2D eigenvalue weighted by Crippen LogP contribution is -2.41. The minimum absolute atomic E-state index is 0.168. The Morgan fingerprint density at radius 1 is 1.18 bits per heavy atom. The van der Waals surface area contributed by atoms with Crippen LogP contribution >= 0.6 is 43.2 Å². The van der Waals surface area contributed by atoms with Crippen LogP contribution in [-0.2, 0) is 26.6 Å². The molecule has 1 spiro atoms. The molecular formula is C15H11Br2NO3S. The predicted octanol–water partition coefficient (Wildman–Crippen LogP) is 4.02. The van der Waals surface area contributed by atoms with E-state index in [2.05, 4.69) is 31.9 Å². The zero-order valence-corrected chi connectivity index (χ0v) is 15.3. The summed E-state index contributed by atoms with van der Waals surface area (Å²) >= 11 is 8.72. The summed E-state index contributed by atoms with van der Waals surface area (Å²) in [5, 5.41) is 4.05. The Hall–Kier alpha value is -0.730. The van der Waals surface area contributed by atoms with E-state index in [4.69, 9.17) is 9.47 Å². The molecule has 0 aliphatic carbocycles. The number of benzene rings is 1. The first-order valence-electron chi connectivity index (χ1n) is 6.73. The number of rotatable bonds is 2. The van der Waals surface area contributed by atoms with E-state index in [-0.39, 0.29) is 5.91 Å². The van der Waals surface area contributed by atoms with E-state index in [1.165, 1.54) is 0 Å². The number of amides is 1. The van der Waals surface area contributed by atoms with Crippen molar-refractivity contribution in [1.29, 1.82) is 0 Å². The maximum atomic E-state index is 13.1. The average Bonchev–Trinajstić information content (AvgIpc) is 3.22. The van der Waals surface area contributed by atoms with Gasteiger partial charge in [0.2, 0.25) is 0 Å². The van der Waals surface area contributed by atoms with Gasteiger partial charge < -0.3 is 14.4 Å². The summed E-state index contributed by atoms with van der Waals surface area (Å²) in [4.78, 5) is 14.8. The zero-order valence-electron chi connectivity index (χ0n) is 11.3. The first-order chi connectivity index (χ1) is 10.6. The third kappa shape index (κ3) is 2.03. The predicted molar refractivity (Wildman–Crippen MR) is 90.9 cm³/mol. The van der Waals surface area contributed by atoms with Crippen LogP contribution in [0.25, 0.3) is 0 Å². The Balaban J connectivity index is 1.89. The topological polar surface area (TPSA) is 38.8 Å². The van der Waals surface area contributed by atoms with Gasteiger partial charge in [-0.25, -0.2) is 0 Å². The summed E-state index contributed by atoms with van der Waals surface area (Å²) < 4.78 is 13.2. The quantitative estimate of drug-likeness (QED) is 0.702. The molecule has 7 heteroatoms. The largest absolute Gasteiger partial charge is 0.336 e. The number of anilines is 1. The summed E-state index contributed by atoms with van der Waals surface area (Å²) in [6, 6.07) is 5.84. The van der Waals surface area contributed by atoms with E-state index < -0.39 is 5.79 Å². The number of hydrogen-bond acceptors (Lipinski definition) is 4. The molecule has 0 saturated carbocycles. The highest BCUT2D eigenvalue weighted by atomic mass is 79.9. The van der Waals surface area contributed by atoms with Gasteiger partial charge in [0.05, 0.1) is 31.0 Å². The van der Waals surface area contributed by atoms with Crippen molar-refractivity contribution in [2.45, 2.75) is 12.3 Å². The van der Waals surface area contributed by atoms with Gasteiger partial charge in [0.1, 0.15) is 0 Å². The van der Waals surface area contributed by atoms with Gasteiger partial charge in [0, 0.05) is 8.95 Å². The molecule has 22 heavy (non-hydrogen) atoms. The van der Waals surface area contributed by atoms with Gasteiger partial charge >= 0.3 is 0 Å². The van der Waals surface area contributed by atoms with E-state index in [0.29, 0.717) is 19.8 Å². The van der Waals surface area contributed by atoms with Gasteiger partial charge in [-0.3, -0.25) is 4.79 Å². The molecule has 1 aromatic heterocycles. The van der Waals surface area contributed by atoms with Gasteiger partial charge in [0.25, 0.3) is 11.7 Å². The molecule has 3 heterocycles. The second-order valence-electron chi connectivity index (χ2n) is 5.09. The average molecular weight is 445 g/mol. The van der Waals surface area contributed by atoms with Gasteiger partial charge in [-0.2, -0.15) is 11.3 Å². The number of ether oxygens (including phenoxy) is 2. The number of fused-ring (bicyclic) bond motifs is 2. The molecule has 1 amide bonds. The van der Waals surface area contributed by atoms with E-state index in [1.54, 1.807) is 16.2 Å². The van der Waals surface area contributed by atoms with Crippen molar-refractivity contribution in [3.05, 3.63) is 49.0 Å². The highest BCUT2D eigenvalue weighted by Gasteiger charge is 2.57. The Bertz CT molecular complexity index is 741. The van der Waals surface area contributed by atoms with Crippen molar-refractivity contribution in [3.63, 3.8) is 0 Å². The molecule has 2 aromatic rings. The minimum Gasteiger partial charge on any atom is -0.336 e. The third-order valence-electron chi connectivity index (χ3n) is 3.82. The highest BCUT2D eigenvalue weighted by molar-refractivity contribution is 9.11. The maximum Gasteiger partial charge on any atom is 0.292 e. The summed E-state index contributed by atoms with van der Waals surface area (Å²) in [7, 11) is 0. The van der Waals surface area contributed by atoms with Crippen molar-refractivity contribution in [1.82, 2.24) is 0 Å². The molecule has 4 nitrogen and oxygen atoms in total. The number of nitrogens with zero attached hydrogens (tertiary/aromatic N) is 1. The van der Waals surface area contributed by atoms with E-state index in [9.17, 15) is 4.79 Å². The number of carbonyl (C=O) groups is 1. The normalized spacial score (nSPS) is 19.2. The Morgan fingerprint density at radius 3 is 2.59 bits per heavy atom. The summed E-state index contributed by atoms with van der Waals surface area (Å²) in [6.45, 7) is 1.33. The molecule has 0 atom stereocenters. The van der Waals surface area contributed by atoms with E-state index in [1.807, 2.05) is 29.0 Å². The number of thiophene rings is 1. The fraction of sp³-hybridized carbons (Fsp3) is 0.267. The molecule has 0 radical (unpaired) electrons. The van der Waals surface area contributed by atoms with Crippen molar-refractivity contribution in [3.8, 4) is 0 Å². The second-order valence-corrected chi connectivity index (χ2v) is 7.58. The van der Waals surface area contributed by atoms with Crippen LogP contribution in [0.15, 0.2) is 37.9 Å². The van der Waals surface area contributed by atoms with Gasteiger partial charge in [-0.05, 0) is 50.5 Å². The molecule has 0 unspecified atom stereocenters. The van der Waals surface area contributed by atoms with Crippen LogP contribution in [-0.4, -0.2) is 19.1 Å². The van der Waals surface area contributed by atoms with Crippen LogP contribution in [0, 0.1) is 0 Å². The first kappa shape index (κ1) is 14.8. The van der Waals surface area contributed by atoms with Crippen LogP contribution in [0.1, 0.15) is 11.1 Å². The minimum atomic E-state index is -1.31. The maximum absolute atomic E-state index is 13.1. The van der Waals surface area contributed by atoms with Crippen LogP contribution in [0.5, 0.6) is 0 Å². The lowest BCUT2D eigenvalue weighted by molar-refractivity contribution is -0.181. The van der Waals surface area contributed by atoms with Crippen molar-refractivity contribution in [2.24, 2.45) is 0 Å². The van der Waals surface area contributed by atoms with Crippen LogP contribution in [0.3, 0.4) is 0 Å². The van der Waals surface area contributed by atoms with Crippen LogP contribution in [0.4, 0.5) is 5.69 Å². The number of carbonyl (C=O) groups excluding carboxylic acids is 1. The smallest absolute Gasteiger partial charge is 0.292 e. The number of halogens is 2. The molecule has 1 saturated heterocycles. The first-order valence-corrected chi connectivity index (χ1v) is 9.26. The zero-order chi connectivity index (χ0) is 15.3. The van der Waals surface area contributed by atoms with Crippen molar-refractivity contribution >= 4 is 54.8 Å².